The molecule has 2 heterocycles. The summed E-state index contributed by atoms with van der Waals surface area (Å²) in [6.45, 7) is 4.27. The van der Waals surface area contributed by atoms with Crippen LogP contribution in [0.25, 0.3) is 0 Å². The molecule has 0 aliphatic carbocycles. The van der Waals surface area contributed by atoms with Crippen LogP contribution in [-0.2, 0) is 6.54 Å². The molecule has 1 fully saturated rings. The molecule has 0 saturated carbocycles. The Morgan fingerprint density at radius 3 is 2.60 bits per heavy atom. The first-order valence-corrected chi connectivity index (χ1v) is 8.51. The second-order valence-corrected chi connectivity index (χ2v) is 6.39. The molecule has 0 atom stereocenters. The van der Waals surface area contributed by atoms with Crippen LogP contribution in [-0.4, -0.2) is 29.0 Å². The van der Waals surface area contributed by atoms with Crippen LogP contribution in [0.15, 0.2) is 42.6 Å². The maximum absolute atomic E-state index is 12.9. The van der Waals surface area contributed by atoms with Gasteiger partial charge in [0.25, 0.3) is 0 Å². The van der Waals surface area contributed by atoms with Crippen molar-refractivity contribution >= 4 is 6.03 Å². The minimum atomic E-state index is -0.311. The van der Waals surface area contributed by atoms with E-state index in [0.717, 1.165) is 31.5 Å². The lowest BCUT2D eigenvalue weighted by Gasteiger charge is -2.30. The molecule has 1 aliphatic rings. The number of hydrogen-bond donors (Lipinski definition) is 1. The molecule has 0 unspecified atom stereocenters. The van der Waals surface area contributed by atoms with Crippen LogP contribution < -0.4 is 10.1 Å². The topological polar surface area (TPSA) is 54.5 Å². The Labute approximate surface area is 146 Å². The van der Waals surface area contributed by atoms with E-state index >= 15 is 0 Å². The third kappa shape index (κ3) is 4.92. The van der Waals surface area contributed by atoms with Crippen LogP contribution in [0.4, 0.5) is 9.18 Å². The van der Waals surface area contributed by atoms with Crippen molar-refractivity contribution in [1.29, 1.82) is 0 Å². The number of halogens is 1. The van der Waals surface area contributed by atoms with Crippen LogP contribution >= 0.6 is 0 Å². The molecule has 1 aliphatic heterocycles. The van der Waals surface area contributed by atoms with Crippen molar-refractivity contribution in [2.75, 3.05) is 13.1 Å². The molecule has 5 nitrogen and oxygen atoms in total. The fourth-order valence-corrected chi connectivity index (χ4v) is 2.70. The van der Waals surface area contributed by atoms with Gasteiger partial charge in [-0.25, -0.2) is 14.2 Å². The summed E-state index contributed by atoms with van der Waals surface area (Å²) in [6, 6.07) is 9.31. The second kappa shape index (κ2) is 7.96. The molecule has 1 aromatic heterocycles. The number of nitrogens with zero attached hydrogens (tertiary/aromatic N) is 2. The highest BCUT2D eigenvalue weighted by Gasteiger charge is 2.19. The van der Waals surface area contributed by atoms with Gasteiger partial charge in [-0.15, -0.1) is 0 Å². The first-order chi connectivity index (χ1) is 12.1. The zero-order valence-electron chi connectivity index (χ0n) is 14.2. The summed E-state index contributed by atoms with van der Waals surface area (Å²) in [5, 5.41) is 2.92. The molecule has 1 aromatic carbocycles. The molecule has 1 saturated heterocycles. The zero-order valence-corrected chi connectivity index (χ0v) is 14.2. The Hall–Kier alpha value is -2.63. The molecule has 1 N–H and O–H groups in total. The van der Waals surface area contributed by atoms with Crippen LogP contribution in [0.1, 0.15) is 25.3 Å². The van der Waals surface area contributed by atoms with Crippen LogP contribution in [0, 0.1) is 11.7 Å². The highest BCUT2D eigenvalue weighted by molar-refractivity contribution is 5.74. The van der Waals surface area contributed by atoms with Gasteiger partial charge in [0.1, 0.15) is 11.6 Å². The minimum absolute atomic E-state index is 0.0291. The van der Waals surface area contributed by atoms with Crippen molar-refractivity contribution in [1.82, 2.24) is 15.2 Å². The maximum Gasteiger partial charge on any atom is 0.317 e. The summed E-state index contributed by atoms with van der Waals surface area (Å²) in [5.74, 6) is 1.33. The average molecular weight is 343 g/mol. The highest BCUT2D eigenvalue weighted by atomic mass is 19.1. The molecule has 0 spiro atoms. The fourth-order valence-electron chi connectivity index (χ4n) is 2.70. The summed E-state index contributed by atoms with van der Waals surface area (Å²) in [5.41, 5.74) is 0.894. The summed E-state index contributed by atoms with van der Waals surface area (Å²) >= 11 is 0. The summed E-state index contributed by atoms with van der Waals surface area (Å²) in [6.07, 6.45) is 3.78. The van der Waals surface area contributed by atoms with E-state index in [1.165, 1.54) is 12.1 Å². The molecular formula is C19H22FN3O2. The third-order valence-corrected chi connectivity index (χ3v) is 4.35. The van der Waals surface area contributed by atoms with Gasteiger partial charge >= 0.3 is 6.03 Å². The largest absolute Gasteiger partial charge is 0.439 e. The number of amides is 2. The SMILES string of the molecule is CC1CCN(C(=O)NCc2ccc(Oc3ccc(F)cc3)nc2)CC1. The predicted octanol–water partition coefficient (Wildman–Crippen LogP) is 3.95. The van der Waals surface area contributed by atoms with Crippen molar-refractivity contribution in [2.45, 2.75) is 26.3 Å². The van der Waals surface area contributed by atoms with Gasteiger partial charge in [-0.3, -0.25) is 0 Å². The van der Waals surface area contributed by atoms with E-state index in [-0.39, 0.29) is 11.8 Å². The molecule has 6 heteroatoms. The first kappa shape index (κ1) is 17.2. The Balaban J connectivity index is 1.49. The number of nitrogens with one attached hydrogen (secondary N) is 1. The summed E-state index contributed by atoms with van der Waals surface area (Å²) < 4.78 is 18.4. The smallest absolute Gasteiger partial charge is 0.317 e. The molecular weight excluding hydrogens is 321 g/mol. The van der Waals surface area contributed by atoms with Gasteiger partial charge in [0.2, 0.25) is 5.88 Å². The number of urea groups is 1. The summed E-state index contributed by atoms with van der Waals surface area (Å²) in [7, 11) is 0. The lowest BCUT2D eigenvalue weighted by atomic mass is 10.00. The lowest BCUT2D eigenvalue weighted by Crippen LogP contribution is -2.43. The molecule has 25 heavy (non-hydrogen) atoms. The van der Waals surface area contributed by atoms with Crippen molar-refractivity contribution in [3.05, 3.63) is 54.0 Å². The van der Waals surface area contributed by atoms with Crippen molar-refractivity contribution in [3.8, 4) is 11.6 Å². The number of ether oxygens (including phenoxy) is 1. The maximum atomic E-state index is 12.9. The van der Waals surface area contributed by atoms with Gasteiger partial charge in [-0.1, -0.05) is 13.0 Å². The molecule has 3 rings (SSSR count). The molecule has 132 valence electrons. The van der Waals surface area contributed by atoms with Gasteiger partial charge in [0, 0.05) is 31.9 Å². The fraction of sp³-hybridized carbons (Fsp3) is 0.368. The molecule has 0 radical (unpaired) electrons. The summed E-state index contributed by atoms with van der Waals surface area (Å²) in [4.78, 5) is 18.2. The standard InChI is InChI=1S/C19H22FN3O2/c1-14-8-10-23(11-9-14)19(24)22-13-15-2-7-18(21-12-15)25-17-5-3-16(20)4-6-17/h2-7,12,14H,8-11,13H2,1H3,(H,22,24). The van der Waals surface area contributed by atoms with Gasteiger partial charge in [-0.05, 0) is 48.6 Å². The number of likely N-dealkylation sites (tertiary alicyclic amines) is 1. The number of pyridine rings is 1. The lowest BCUT2D eigenvalue weighted by molar-refractivity contribution is 0.173. The van der Waals surface area contributed by atoms with Gasteiger partial charge in [-0.2, -0.15) is 0 Å². The number of benzene rings is 1. The quantitative estimate of drug-likeness (QED) is 0.914. The third-order valence-electron chi connectivity index (χ3n) is 4.35. The van der Waals surface area contributed by atoms with Gasteiger partial charge in [0.15, 0.2) is 0 Å². The van der Waals surface area contributed by atoms with Crippen LogP contribution in [0.3, 0.4) is 0 Å². The van der Waals surface area contributed by atoms with E-state index in [9.17, 15) is 9.18 Å². The van der Waals surface area contributed by atoms with Crippen molar-refractivity contribution in [3.63, 3.8) is 0 Å². The Morgan fingerprint density at radius 2 is 1.96 bits per heavy atom. The zero-order chi connectivity index (χ0) is 17.6. The van der Waals surface area contributed by atoms with Gasteiger partial charge < -0.3 is 15.0 Å². The number of piperidine rings is 1. The highest BCUT2D eigenvalue weighted by Crippen LogP contribution is 2.19. The minimum Gasteiger partial charge on any atom is -0.439 e. The molecule has 0 bridgehead atoms. The van der Waals surface area contributed by atoms with Crippen molar-refractivity contribution < 1.29 is 13.9 Å². The van der Waals surface area contributed by atoms with Crippen LogP contribution in [0.5, 0.6) is 11.6 Å². The monoisotopic (exact) mass is 343 g/mol. The van der Waals surface area contributed by atoms with E-state index in [4.69, 9.17) is 4.74 Å². The Morgan fingerprint density at radius 1 is 1.24 bits per heavy atom. The Bertz CT molecular complexity index is 696. The van der Waals surface area contributed by atoms with E-state index in [1.54, 1.807) is 24.4 Å². The van der Waals surface area contributed by atoms with Crippen molar-refractivity contribution in [2.24, 2.45) is 5.92 Å². The van der Waals surface area contributed by atoms with E-state index in [1.807, 2.05) is 11.0 Å². The first-order valence-electron chi connectivity index (χ1n) is 8.51. The van der Waals surface area contributed by atoms with E-state index in [2.05, 4.69) is 17.2 Å². The number of hydrogen-bond acceptors (Lipinski definition) is 3. The van der Waals surface area contributed by atoms with Crippen LogP contribution in [0.2, 0.25) is 0 Å². The van der Waals surface area contributed by atoms with Gasteiger partial charge in [0.05, 0.1) is 0 Å². The number of carbonyl (C=O) groups excluding carboxylic acids is 1. The number of aromatic nitrogens is 1. The number of carbonyl (C=O) groups is 1. The number of rotatable bonds is 4. The second-order valence-electron chi connectivity index (χ2n) is 6.39. The normalized spacial score (nSPS) is 15.0. The predicted molar refractivity (Wildman–Crippen MR) is 92.9 cm³/mol. The van der Waals surface area contributed by atoms with E-state index in [0.29, 0.717) is 24.1 Å². The average Bonchev–Trinajstić information content (AvgIpc) is 2.63. The molecule has 2 amide bonds. The Kier molecular flexibility index (Phi) is 5.48. The van der Waals surface area contributed by atoms with E-state index < -0.39 is 0 Å². The molecule has 2 aromatic rings.